The zero-order chi connectivity index (χ0) is 12.7. The molecule has 4 heteroatoms. The van der Waals surface area contributed by atoms with Gasteiger partial charge in [0.1, 0.15) is 5.82 Å². The van der Waals surface area contributed by atoms with Crippen LogP contribution in [0, 0.1) is 5.82 Å². The van der Waals surface area contributed by atoms with Gasteiger partial charge in [-0.2, -0.15) is 0 Å². The van der Waals surface area contributed by atoms with Gasteiger partial charge in [-0.25, -0.2) is 4.39 Å². The molecule has 0 aliphatic rings. The van der Waals surface area contributed by atoms with Crippen LogP contribution in [0.1, 0.15) is 37.8 Å². The first-order valence-corrected chi connectivity index (χ1v) is 5.88. The van der Waals surface area contributed by atoms with Crippen LogP contribution in [0.2, 0.25) is 0 Å². The second-order valence-corrected chi connectivity index (χ2v) is 4.09. The smallest absolute Gasteiger partial charge is 0.220 e. The lowest BCUT2D eigenvalue weighted by Gasteiger charge is -2.14. The highest BCUT2D eigenvalue weighted by molar-refractivity contribution is 5.76. The molecule has 0 aliphatic carbocycles. The minimum atomic E-state index is -0.285. The van der Waals surface area contributed by atoms with Crippen LogP contribution in [0.4, 0.5) is 4.39 Å². The SMILES string of the molecule is C[C@@H](NC(=O)CCCCN)c1cccc(F)c1. The maximum atomic E-state index is 13.0. The summed E-state index contributed by atoms with van der Waals surface area (Å²) in [6, 6.07) is 6.09. The van der Waals surface area contributed by atoms with Gasteiger partial charge in [-0.05, 0) is 44.0 Å². The first kappa shape index (κ1) is 13.6. The van der Waals surface area contributed by atoms with Crippen LogP contribution in [0.15, 0.2) is 24.3 Å². The molecule has 1 aromatic carbocycles. The molecule has 1 rings (SSSR count). The Bertz CT molecular complexity index is 368. The fourth-order valence-corrected chi connectivity index (χ4v) is 1.60. The Balaban J connectivity index is 2.43. The average Bonchev–Trinajstić information content (AvgIpc) is 2.29. The predicted octanol–water partition coefficient (Wildman–Crippen LogP) is 2.13. The quantitative estimate of drug-likeness (QED) is 0.746. The topological polar surface area (TPSA) is 55.1 Å². The van der Waals surface area contributed by atoms with Crippen molar-refractivity contribution in [3.63, 3.8) is 0 Å². The van der Waals surface area contributed by atoms with E-state index in [2.05, 4.69) is 5.32 Å². The van der Waals surface area contributed by atoms with Gasteiger partial charge in [0, 0.05) is 6.42 Å². The number of nitrogens with two attached hydrogens (primary N) is 1. The molecule has 0 saturated heterocycles. The van der Waals surface area contributed by atoms with Crippen molar-refractivity contribution < 1.29 is 9.18 Å². The van der Waals surface area contributed by atoms with Crippen molar-refractivity contribution in [1.29, 1.82) is 0 Å². The van der Waals surface area contributed by atoms with Crippen molar-refractivity contribution in [2.75, 3.05) is 6.54 Å². The molecular weight excluding hydrogens is 219 g/mol. The number of hydrogen-bond acceptors (Lipinski definition) is 2. The molecule has 0 bridgehead atoms. The van der Waals surface area contributed by atoms with E-state index < -0.39 is 0 Å². The van der Waals surface area contributed by atoms with Gasteiger partial charge >= 0.3 is 0 Å². The molecule has 3 N–H and O–H groups in total. The van der Waals surface area contributed by atoms with Crippen LogP contribution in [0.5, 0.6) is 0 Å². The van der Waals surface area contributed by atoms with Crippen molar-refractivity contribution in [3.05, 3.63) is 35.6 Å². The Morgan fingerprint density at radius 3 is 2.88 bits per heavy atom. The molecule has 0 heterocycles. The Kier molecular flexibility index (Phi) is 5.63. The van der Waals surface area contributed by atoms with E-state index in [-0.39, 0.29) is 17.8 Å². The van der Waals surface area contributed by atoms with E-state index in [4.69, 9.17) is 5.73 Å². The zero-order valence-electron chi connectivity index (χ0n) is 10.1. The molecule has 0 aromatic heterocycles. The van der Waals surface area contributed by atoms with Gasteiger partial charge in [0.25, 0.3) is 0 Å². The summed E-state index contributed by atoms with van der Waals surface area (Å²) in [5.74, 6) is -0.304. The molecule has 1 aromatic rings. The standard InChI is InChI=1S/C13H19FN2O/c1-10(11-5-4-6-12(14)9-11)16-13(17)7-2-3-8-15/h4-6,9-10H,2-3,7-8,15H2,1H3,(H,16,17)/t10-/m1/s1. The number of nitrogens with one attached hydrogen (secondary N) is 1. The minimum Gasteiger partial charge on any atom is -0.350 e. The van der Waals surface area contributed by atoms with E-state index in [1.807, 2.05) is 6.92 Å². The second-order valence-electron chi connectivity index (χ2n) is 4.09. The van der Waals surface area contributed by atoms with Crippen molar-refractivity contribution in [2.45, 2.75) is 32.2 Å². The molecule has 3 nitrogen and oxygen atoms in total. The van der Waals surface area contributed by atoms with Gasteiger partial charge in [-0.3, -0.25) is 4.79 Å². The fraction of sp³-hybridized carbons (Fsp3) is 0.462. The lowest BCUT2D eigenvalue weighted by atomic mass is 10.1. The highest BCUT2D eigenvalue weighted by atomic mass is 19.1. The van der Waals surface area contributed by atoms with E-state index in [0.717, 1.165) is 18.4 Å². The number of benzene rings is 1. The number of carbonyl (C=O) groups is 1. The monoisotopic (exact) mass is 238 g/mol. The lowest BCUT2D eigenvalue weighted by molar-refractivity contribution is -0.121. The summed E-state index contributed by atoms with van der Waals surface area (Å²) < 4.78 is 13.0. The summed E-state index contributed by atoms with van der Waals surface area (Å²) in [5.41, 5.74) is 6.13. The van der Waals surface area contributed by atoms with E-state index in [1.165, 1.54) is 12.1 Å². The van der Waals surface area contributed by atoms with Crippen molar-refractivity contribution >= 4 is 5.91 Å². The number of hydrogen-bond donors (Lipinski definition) is 2. The summed E-state index contributed by atoms with van der Waals surface area (Å²) >= 11 is 0. The summed E-state index contributed by atoms with van der Waals surface area (Å²) in [4.78, 5) is 11.5. The molecule has 0 fully saturated rings. The molecule has 17 heavy (non-hydrogen) atoms. The second kappa shape index (κ2) is 7.01. The third-order valence-electron chi connectivity index (χ3n) is 2.58. The van der Waals surface area contributed by atoms with E-state index in [1.54, 1.807) is 12.1 Å². The number of halogens is 1. The van der Waals surface area contributed by atoms with Crippen LogP contribution in [0.3, 0.4) is 0 Å². The molecule has 94 valence electrons. The highest BCUT2D eigenvalue weighted by Crippen LogP contribution is 2.13. The number of carbonyl (C=O) groups excluding carboxylic acids is 1. The molecule has 0 unspecified atom stereocenters. The number of amides is 1. The summed E-state index contributed by atoms with van der Waals surface area (Å²) in [6.45, 7) is 2.45. The van der Waals surface area contributed by atoms with Gasteiger partial charge in [0.05, 0.1) is 6.04 Å². The maximum Gasteiger partial charge on any atom is 0.220 e. The van der Waals surface area contributed by atoms with Crippen LogP contribution < -0.4 is 11.1 Å². The number of rotatable bonds is 6. The molecule has 1 atom stereocenters. The maximum absolute atomic E-state index is 13.0. The summed E-state index contributed by atoms with van der Waals surface area (Å²) in [7, 11) is 0. The molecular formula is C13H19FN2O. The Morgan fingerprint density at radius 1 is 1.47 bits per heavy atom. The fourth-order valence-electron chi connectivity index (χ4n) is 1.60. The molecule has 0 spiro atoms. The predicted molar refractivity (Wildman–Crippen MR) is 65.9 cm³/mol. The van der Waals surface area contributed by atoms with Gasteiger partial charge in [0.15, 0.2) is 0 Å². The van der Waals surface area contributed by atoms with E-state index >= 15 is 0 Å². The first-order valence-electron chi connectivity index (χ1n) is 5.88. The van der Waals surface area contributed by atoms with Crippen molar-refractivity contribution in [1.82, 2.24) is 5.32 Å². The zero-order valence-corrected chi connectivity index (χ0v) is 10.1. The summed E-state index contributed by atoms with van der Waals surface area (Å²) in [6.07, 6.45) is 2.11. The van der Waals surface area contributed by atoms with E-state index in [0.29, 0.717) is 13.0 Å². The molecule has 1 amide bonds. The Hall–Kier alpha value is -1.42. The highest BCUT2D eigenvalue weighted by Gasteiger charge is 2.09. The first-order chi connectivity index (χ1) is 8.13. The normalized spacial score (nSPS) is 12.2. The van der Waals surface area contributed by atoms with Gasteiger partial charge in [-0.1, -0.05) is 12.1 Å². The van der Waals surface area contributed by atoms with Gasteiger partial charge in [0.2, 0.25) is 5.91 Å². The van der Waals surface area contributed by atoms with Crippen LogP contribution in [0.25, 0.3) is 0 Å². The van der Waals surface area contributed by atoms with Gasteiger partial charge in [-0.15, -0.1) is 0 Å². The Labute approximate surface area is 101 Å². The molecule has 0 aliphatic heterocycles. The Morgan fingerprint density at radius 2 is 2.24 bits per heavy atom. The minimum absolute atomic E-state index is 0.0183. The third kappa shape index (κ3) is 4.95. The summed E-state index contributed by atoms with van der Waals surface area (Å²) in [5, 5.41) is 2.84. The van der Waals surface area contributed by atoms with Crippen LogP contribution in [-0.4, -0.2) is 12.5 Å². The van der Waals surface area contributed by atoms with E-state index in [9.17, 15) is 9.18 Å². The molecule has 0 radical (unpaired) electrons. The average molecular weight is 238 g/mol. The van der Waals surface area contributed by atoms with Crippen molar-refractivity contribution in [2.24, 2.45) is 5.73 Å². The third-order valence-corrected chi connectivity index (χ3v) is 2.58. The molecule has 0 saturated carbocycles. The van der Waals surface area contributed by atoms with Crippen LogP contribution in [-0.2, 0) is 4.79 Å². The lowest BCUT2D eigenvalue weighted by Crippen LogP contribution is -2.26. The van der Waals surface area contributed by atoms with Crippen LogP contribution >= 0.6 is 0 Å². The number of unbranched alkanes of at least 4 members (excludes halogenated alkanes) is 1. The largest absolute Gasteiger partial charge is 0.350 e. The van der Waals surface area contributed by atoms with Crippen molar-refractivity contribution in [3.8, 4) is 0 Å². The van der Waals surface area contributed by atoms with Gasteiger partial charge < -0.3 is 11.1 Å².